The molecule has 2 atom stereocenters. The Labute approximate surface area is 102 Å². The molecule has 3 heteroatoms. The molecule has 3 nitrogen and oxygen atoms in total. The number of piperidine rings is 1. The Morgan fingerprint density at radius 2 is 2.35 bits per heavy atom. The number of nitrogens with one attached hydrogen (secondary N) is 1. The third-order valence-corrected chi connectivity index (χ3v) is 3.70. The number of aliphatic hydroxyl groups is 1. The first-order valence-electron chi connectivity index (χ1n) is 6.13. The van der Waals surface area contributed by atoms with E-state index in [0.717, 1.165) is 37.8 Å². The van der Waals surface area contributed by atoms with E-state index in [0.29, 0.717) is 5.56 Å². The van der Waals surface area contributed by atoms with Crippen LogP contribution in [0.5, 0.6) is 0 Å². The molecule has 0 bridgehead atoms. The molecule has 1 saturated heterocycles. The van der Waals surface area contributed by atoms with E-state index in [1.54, 1.807) is 12.1 Å². The molecule has 1 aliphatic heterocycles. The van der Waals surface area contributed by atoms with E-state index < -0.39 is 5.60 Å². The molecule has 1 fully saturated rings. The number of carbonyl (C=O) groups is 1. The van der Waals surface area contributed by atoms with Crippen molar-refractivity contribution in [1.29, 1.82) is 0 Å². The highest BCUT2D eigenvalue weighted by Crippen LogP contribution is 2.33. The van der Waals surface area contributed by atoms with Gasteiger partial charge in [0.15, 0.2) is 0 Å². The van der Waals surface area contributed by atoms with Crippen LogP contribution in [0.2, 0.25) is 0 Å². The molecule has 1 aromatic rings. The predicted octanol–water partition coefficient (Wildman–Crippen LogP) is 1.71. The number of hydrogen-bond donors (Lipinski definition) is 2. The van der Waals surface area contributed by atoms with Gasteiger partial charge in [0.2, 0.25) is 0 Å². The first kappa shape index (κ1) is 12.3. The van der Waals surface area contributed by atoms with Gasteiger partial charge in [0.25, 0.3) is 0 Å². The summed E-state index contributed by atoms with van der Waals surface area (Å²) in [5, 5.41) is 14.0. The van der Waals surface area contributed by atoms with Crippen LogP contribution in [0.1, 0.15) is 35.7 Å². The summed E-state index contributed by atoms with van der Waals surface area (Å²) in [4.78, 5) is 10.8. The van der Waals surface area contributed by atoms with Gasteiger partial charge < -0.3 is 10.4 Å². The minimum Gasteiger partial charge on any atom is -0.385 e. The second-order valence-corrected chi connectivity index (χ2v) is 4.93. The molecule has 2 rings (SSSR count). The summed E-state index contributed by atoms with van der Waals surface area (Å²) in [6.07, 6.45) is 2.93. The van der Waals surface area contributed by atoms with Crippen molar-refractivity contribution < 1.29 is 9.90 Å². The average molecular weight is 233 g/mol. The molecule has 1 heterocycles. The Hall–Kier alpha value is -1.19. The van der Waals surface area contributed by atoms with Crippen LogP contribution >= 0.6 is 0 Å². The zero-order valence-corrected chi connectivity index (χ0v) is 10.1. The normalized spacial score (nSPS) is 24.0. The summed E-state index contributed by atoms with van der Waals surface area (Å²) in [6.45, 7) is 3.70. The van der Waals surface area contributed by atoms with E-state index >= 15 is 0 Å². The maximum atomic E-state index is 10.8. The van der Waals surface area contributed by atoms with Crippen molar-refractivity contribution in [1.82, 2.24) is 5.32 Å². The summed E-state index contributed by atoms with van der Waals surface area (Å²) in [5.41, 5.74) is 0.578. The monoisotopic (exact) mass is 233 g/mol. The molecule has 0 aromatic heterocycles. The maximum Gasteiger partial charge on any atom is 0.150 e. The highest BCUT2D eigenvalue weighted by molar-refractivity contribution is 5.75. The molecule has 17 heavy (non-hydrogen) atoms. The summed E-state index contributed by atoms with van der Waals surface area (Å²) >= 11 is 0. The van der Waals surface area contributed by atoms with E-state index in [-0.39, 0.29) is 5.92 Å². The maximum absolute atomic E-state index is 10.8. The van der Waals surface area contributed by atoms with Crippen LogP contribution in [0.15, 0.2) is 24.3 Å². The smallest absolute Gasteiger partial charge is 0.150 e. The molecule has 1 aromatic carbocycles. The van der Waals surface area contributed by atoms with Crippen LogP contribution in [0.4, 0.5) is 0 Å². The summed E-state index contributed by atoms with van der Waals surface area (Å²) in [5.74, 6) is 0.207. The van der Waals surface area contributed by atoms with Crippen LogP contribution in [0.25, 0.3) is 0 Å². The lowest BCUT2D eigenvalue weighted by molar-refractivity contribution is -0.0156. The zero-order valence-electron chi connectivity index (χ0n) is 10.1. The highest BCUT2D eigenvalue weighted by atomic mass is 16.3. The van der Waals surface area contributed by atoms with Crippen LogP contribution < -0.4 is 5.32 Å². The van der Waals surface area contributed by atoms with E-state index in [1.807, 2.05) is 19.1 Å². The second-order valence-electron chi connectivity index (χ2n) is 4.93. The molecule has 0 spiro atoms. The Balaban J connectivity index is 2.25. The van der Waals surface area contributed by atoms with Crippen LogP contribution in [0, 0.1) is 5.92 Å². The molecule has 2 unspecified atom stereocenters. The van der Waals surface area contributed by atoms with Crippen molar-refractivity contribution in [3.8, 4) is 0 Å². The lowest BCUT2D eigenvalue weighted by Gasteiger charge is -2.36. The largest absolute Gasteiger partial charge is 0.385 e. The fourth-order valence-corrected chi connectivity index (χ4v) is 2.49. The van der Waals surface area contributed by atoms with Crippen LogP contribution in [-0.4, -0.2) is 24.5 Å². The zero-order chi connectivity index (χ0) is 12.3. The molecule has 1 aliphatic rings. The van der Waals surface area contributed by atoms with Crippen molar-refractivity contribution in [2.24, 2.45) is 5.92 Å². The average Bonchev–Trinajstić information content (AvgIpc) is 2.40. The first-order chi connectivity index (χ1) is 8.14. The van der Waals surface area contributed by atoms with Gasteiger partial charge in [0, 0.05) is 18.0 Å². The molecule has 92 valence electrons. The Bertz CT molecular complexity index is 395. The number of rotatable bonds is 3. The highest BCUT2D eigenvalue weighted by Gasteiger charge is 2.34. The van der Waals surface area contributed by atoms with Gasteiger partial charge in [0.1, 0.15) is 6.29 Å². The lowest BCUT2D eigenvalue weighted by Crippen LogP contribution is -2.42. The van der Waals surface area contributed by atoms with Gasteiger partial charge in [-0.05, 0) is 37.9 Å². The third kappa shape index (κ3) is 2.56. The summed E-state index contributed by atoms with van der Waals surface area (Å²) in [7, 11) is 0. The number of benzene rings is 1. The fourth-order valence-electron chi connectivity index (χ4n) is 2.49. The van der Waals surface area contributed by atoms with E-state index in [2.05, 4.69) is 5.32 Å². The quantitative estimate of drug-likeness (QED) is 0.781. The molecule has 0 amide bonds. The number of aldehydes is 1. The van der Waals surface area contributed by atoms with Crippen molar-refractivity contribution in [2.75, 3.05) is 13.1 Å². The van der Waals surface area contributed by atoms with Gasteiger partial charge >= 0.3 is 0 Å². The molecule has 0 saturated carbocycles. The Kier molecular flexibility index (Phi) is 3.60. The van der Waals surface area contributed by atoms with Crippen molar-refractivity contribution in [3.05, 3.63) is 35.4 Å². The van der Waals surface area contributed by atoms with Crippen molar-refractivity contribution in [2.45, 2.75) is 25.4 Å². The van der Waals surface area contributed by atoms with E-state index in [4.69, 9.17) is 0 Å². The first-order valence-corrected chi connectivity index (χ1v) is 6.13. The molecule has 0 aliphatic carbocycles. The van der Waals surface area contributed by atoms with Crippen molar-refractivity contribution in [3.63, 3.8) is 0 Å². The van der Waals surface area contributed by atoms with Gasteiger partial charge in [-0.15, -0.1) is 0 Å². The fraction of sp³-hybridized carbons (Fsp3) is 0.500. The topological polar surface area (TPSA) is 49.3 Å². The van der Waals surface area contributed by atoms with E-state index in [9.17, 15) is 9.90 Å². The SMILES string of the molecule is CC(O)(c1cccc(C=O)c1)C1CCCNC1. The van der Waals surface area contributed by atoms with Crippen molar-refractivity contribution >= 4 is 6.29 Å². The van der Waals surface area contributed by atoms with Crippen LogP contribution in [-0.2, 0) is 5.60 Å². The van der Waals surface area contributed by atoms with Gasteiger partial charge in [-0.25, -0.2) is 0 Å². The second kappa shape index (κ2) is 4.98. The summed E-state index contributed by atoms with van der Waals surface area (Å²) in [6, 6.07) is 7.25. The minimum absolute atomic E-state index is 0.207. The standard InChI is InChI=1S/C14H19NO2/c1-14(17,13-6-3-7-15-9-13)12-5-2-4-11(8-12)10-16/h2,4-5,8,10,13,15,17H,3,6-7,9H2,1H3. The Morgan fingerprint density at radius 3 is 3.00 bits per heavy atom. The van der Waals surface area contributed by atoms with Gasteiger partial charge in [0.05, 0.1) is 5.60 Å². The lowest BCUT2D eigenvalue weighted by atomic mass is 9.78. The third-order valence-electron chi connectivity index (χ3n) is 3.70. The molecule has 0 radical (unpaired) electrons. The Morgan fingerprint density at radius 1 is 1.53 bits per heavy atom. The van der Waals surface area contributed by atoms with Gasteiger partial charge in [-0.2, -0.15) is 0 Å². The van der Waals surface area contributed by atoms with E-state index in [1.165, 1.54) is 0 Å². The van der Waals surface area contributed by atoms with Gasteiger partial charge in [-0.3, -0.25) is 4.79 Å². The number of hydrogen-bond acceptors (Lipinski definition) is 3. The molecular formula is C14H19NO2. The summed E-state index contributed by atoms with van der Waals surface area (Å²) < 4.78 is 0. The predicted molar refractivity (Wildman–Crippen MR) is 67.0 cm³/mol. The molecular weight excluding hydrogens is 214 g/mol. The minimum atomic E-state index is -0.869. The number of carbonyl (C=O) groups excluding carboxylic acids is 1. The van der Waals surface area contributed by atoms with Gasteiger partial charge in [-0.1, -0.05) is 18.2 Å². The molecule has 2 N–H and O–H groups in total. The van der Waals surface area contributed by atoms with Crippen LogP contribution in [0.3, 0.4) is 0 Å².